The third kappa shape index (κ3) is 4.29. The Morgan fingerprint density at radius 1 is 1.39 bits per heavy atom. The van der Waals surface area contributed by atoms with Gasteiger partial charge in [-0.2, -0.15) is 0 Å². The molecule has 7 heteroatoms. The highest BCUT2D eigenvalue weighted by molar-refractivity contribution is 7.13. The largest absolute Gasteiger partial charge is 0.381 e. The molecule has 0 aromatic carbocycles. The molecule has 3 rings (SSSR count). The number of rotatable bonds is 4. The van der Waals surface area contributed by atoms with Crippen LogP contribution in [0.1, 0.15) is 38.3 Å². The Kier molecular flexibility index (Phi) is 5.63. The van der Waals surface area contributed by atoms with E-state index in [4.69, 9.17) is 9.47 Å². The predicted molar refractivity (Wildman–Crippen MR) is 90.0 cm³/mol. The molecule has 2 aliphatic heterocycles. The summed E-state index contributed by atoms with van der Waals surface area (Å²) in [6.07, 6.45) is 1.60. The van der Waals surface area contributed by atoms with Crippen molar-refractivity contribution in [3.8, 4) is 0 Å². The molecule has 1 unspecified atom stereocenters. The fraction of sp³-hybridized carbons (Fsp3) is 0.750. The van der Waals surface area contributed by atoms with E-state index >= 15 is 0 Å². The van der Waals surface area contributed by atoms with E-state index in [1.165, 1.54) is 11.3 Å². The number of carbonyl (C=O) groups is 1. The second kappa shape index (κ2) is 7.70. The first-order valence-corrected chi connectivity index (χ1v) is 9.21. The van der Waals surface area contributed by atoms with Gasteiger partial charge in [0.1, 0.15) is 6.10 Å². The van der Waals surface area contributed by atoms with Gasteiger partial charge in [-0.05, 0) is 26.7 Å². The number of anilines is 1. The highest BCUT2D eigenvalue weighted by atomic mass is 32.1. The first kappa shape index (κ1) is 16.8. The van der Waals surface area contributed by atoms with Gasteiger partial charge in [0.2, 0.25) is 0 Å². The summed E-state index contributed by atoms with van der Waals surface area (Å²) in [7, 11) is 0. The number of amides is 1. The van der Waals surface area contributed by atoms with Gasteiger partial charge in [-0.3, -0.25) is 15.0 Å². The van der Waals surface area contributed by atoms with Crippen molar-refractivity contribution < 1.29 is 14.3 Å². The highest BCUT2D eigenvalue weighted by Gasteiger charge is 2.28. The molecular weight excluding hydrogens is 314 g/mol. The maximum atomic E-state index is 12.4. The van der Waals surface area contributed by atoms with Gasteiger partial charge in [0, 0.05) is 43.6 Å². The molecule has 1 aromatic heterocycles. The van der Waals surface area contributed by atoms with Gasteiger partial charge in [-0.25, -0.2) is 4.98 Å². The van der Waals surface area contributed by atoms with Crippen LogP contribution in [0.3, 0.4) is 0 Å². The third-order valence-electron chi connectivity index (χ3n) is 4.51. The summed E-state index contributed by atoms with van der Waals surface area (Å²) >= 11 is 1.49. The Bertz CT molecular complexity index is 528. The van der Waals surface area contributed by atoms with Gasteiger partial charge in [-0.1, -0.05) is 0 Å². The number of ether oxygens (including phenoxy) is 2. The van der Waals surface area contributed by atoms with Gasteiger partial charge < -0.3 is 9.47 Å². The number of thiazole rings is 1. The maximum absolute atomic E-state index is 12.4. The average Bonchev–Trinajstić information content (AvgIpc) is 3.04. The van der Waals surface area contributed by atoms with Crippen LogP contribution in [0.25, 0.3) is 0 Å². The zero-order valence-electron chi connectivity index (χ0n) is 13.8. The van der Waals surface area contributed by atoms with Crippen LogP contribution in [-0.4, -0.2) is 60.8 Å². The van der Waals surface area contributed by atoms with Gasteiger partial charge in [0.25, 0.3) is 5.91 Å². The van der Waals surface area contributed by atoms with Gasteiger partial charge >= 0.3 is 0 Å². The number of nitrogens with zero attached hydrogens (tertiary/aromatic N) is 2. The van der Waals surface area contributed by atoms with Crippen LogP contribution in [0.4, 0.5) is 5.13 Å². The van der Waals surface area contributed by atoms with Gasteiger partial charge in [0.15, 0.2) is 5.13 Å². The topological polar surface area (TPSA) is 63.7 Å². The number of hydrogen-bond acceptors (Lipinski definition) is 6. The Balaban J connectivity index is 1.56. The summed E-state index contributed by atoms with van der Waals surface area (Å²) in [5.74, 6) is 0.358. The Morgan fingerprint density at radius 3 is 2.91 bits per heavy atom. The molecule has 1 amide bonds. The van der Waals surface area contributed by atoms with Crippen molar-refractivity contribution in [2.75, 3.05) is 38.2 Å². The van der Waals surface area contributed by atoms with Crippen LogP contribution < -0.4 is 5.32 Å². The molecule has 1 atom stereocenters. The van der Waals surface area contributed by atoms with Crippen molar-refractivity contribution in [2.24, 2.45) is 0 Å². The number of morpholine rings is 1. The molecule has 0 aliphatic carbocycles. The second-order valence-electron chi connectivity index (χ2n) is 6.40. The summed E-state index contributed by atoms with van der Waals surface area (Å²) in [6, 6.07) is 0.425. The summed E-state index contributed by atoms with van der Waals surface area (Å²) in [4.78, 5) is 19.3. The standard InChI is InChI=1S/C16H25N3O3S/c1-11(2)19-5-8-22-14(9-19)15(20)18-16-17-13(10-23-16)12-3-6-21-7-4-12/h10-12,14H,3-9H2,1-2H3,(H,17,18,20). The molecule has 1 N–H and O–H groups in total. The van der Waals surface area contributed by atoms with Crippen LogP contribution >= 0.6 is 11.3 Å². The molecule has 2 saturated heterocycles. The predicted octanol–water partition coefficient (Wildman–Crippen LogP) is 2.08. The lowest BCUT2D eigenvalue weighted by Gasteiger charge is -2.34. The van der Waals surface area contributed by atoms with Crippen LogP contribution in [0.2, 0.25) is 0 Å². The molecule has 0 bridgehead atoms. The number of hydrogen-bond donors (Lipinski definition) is 1. The number of aromatic nitrogens is 1. The van der Waals surface area contributed by atoms with E-state index in [9.17, 15) is 4.79 Å². The Labute approximate surface area is 141 Å². The molecule has 128 valence electrons. The fourth-order valence-electron chi connectivity index (χ4n) is 3.01. The normalized spacial score (nSPS) is 24.0. The van der Waals surface area contributed by atoms with E-state index in [-0.39, 0.29) is 5.91 Å². The van der Waals surface area contributed by atoms with Crippen LogP contribution in [0.15, 0.2) is 5.38 Å². The van der Waals surface area contributed by atoms with E-state index in [0.29, 0.717) is 30.2 Å². The lowest BCUT2D eigenvalue weighted by molar-refractivity contribution is -0.133. The molecule has 0 spiro atoms. The van der Waals surface area contributed by atoms with E-state index < -0.39 is 6.10 Å². The lowest BCUT2D eigenvalue weighted by Crippen LogP contribution is -2.50. The van der Waals surface area contributed by atoms with Gasteiger partial charge in [0.05, 0.1) is 12.3 Å². The molecule has 6 nitrogen and oxygen atoms in total. The van der Waals surface area contributed by atoms with Crippen molar-refractivity contribution in [3.63, 3.8) is 0 Å². The van der Waals surface area contributed by atoms with E-state index in [1.54, 1.807) is 0 Å². The molecule has 2 fully saturated rings. The summed E-state index contributed by atoms with van der Waals surface area (Å²) in [5, 5.41) is 5.63. The third-order valence-corrected chi connectivity index (χ3v) is 5.29. The average molecular weight is 339 g/mol. The monoisotopic (exact) mass is 339 g/mol. The quantitative estimate of drug-likeness (QED) is 0.910. The van der Waals surface area contributed by atoms with E-state index in [0.717, 1.165) is 38.3 Å². The first-order chi connectivity index (χ1) is 11.1. The van der Waals surface area contributed by atoms with Crippen LogP contribution in [0.5, 0.6) is 0 Å². The zero-order chi connectivity index (χ0) is 16.2. The van der Waals surface area contributed by atoms with Crippen LogP contribution in [0, 0.1) is 0 Å². The summed E-state index contributed by atoms with van der Waals surface area (Å²) in [6.45, 7) is 7.99. The summed E-state index contributed by atoms with van der Waals surface area (Å²) < 4.78 is 11.0. The fourth-order valence-corrected chi connectivity index (χ4v) is 3.80. The molecular formula is C16H25N3O3S. The lowest BCUT2D eigenvalue weighted by atomic mass is 9.98. The van der Waals surface area contributed by atoms with Crippen molar-refractivity contribution in [1.82, 2.24) is 9.88 Å². The van der Waals surface area contributed by atoms with Gasteiger partial charge in [-0.15, -0.1) is 11.3 Å². The van der Waals surface area contributed by atoms with Crippen LogP contribution in [-0.2, 0) is 14.3 Å². The Hall–Kier alpha value is -1.02. The minimum absolute atomic E-state index is 0.0942. The van der Waals surface area contributed by atoms with E-state index in [2.05, 4.69) is 29.0 Å². The first-order valence-electron chi connectivity index (χ1n) is 8.33. The SMILES string of the molecule is CC(C)N1CCOC(C(=O)Nc2nc(C3CCOCC3)cs2)C1. The van der Waals surface area contributed by atoms with Crippen molar-refractivity contribution in [3.05, 3.63) is 11.1 Å². The number of carbonyl (C=O) groups excluding carboxylic acids is 1. The minimum atomic E-state index is -0.415. The molecule has 0 saturated carbocycles. The molecule has 1 aromatic rings. The summed E-state index contributed by atoms with van der Waals surface area (Å²) in [5.41, 5.74) is 1.07. The van der Waals surface area contributed by atoms with Crippen molar-refractivity contribution in [2.45, 2.75) is 44.8 Å². The second-order valence-corrected chi connectivity index (χ2v) is 7.26. The number of nitrogens with one attached hydrogen (secondary N) is 1. The molecule has 3 heterocycles. The van der Waals surface area contributed by atoms with Crippen molar-refractivity contribution in [1.29, 1.82) is 0 Å². The maximum Gasteiger partial charge on any atom is 0.256 e. The van der Waals surface area contributed by atoms with E-state index in [1.807, 2.05) is 5.38 Å². The molecule has 23 heavy (non-hydrogen) atoms. The Morgan fingerprint density at radius 2 is 2.17 bits per heavy atom. The van der Waals surface area contributed by atoms with Crippen molar-refractivity contribution >= 4 is 22.4 Å². The molecule has 2 aliphatic rings. The zero-order valence-corrected chi connectivity index (χ0v) is 14.6. The highest BCUT2D eigenvalue weighted by Crippen LogP contribution is 2.29. The smallest absolute Gasteiger partial charge is 0.256 e. The molecule has 0 radical (unpaired) electrons. The minimum Gasteiger partial charge on any atom is -0.381 e.